The molecule has 0 aliphatic heterocycles. The van der Waals surface area contributed by atoms with Gasteiger partial charge in [0.15, 0.2) is 0 Å². The van der Waals surface area contributed by atoms with Crippen molar-refractivity contribution in [2.75, 3.05) is 17.7 Å². The molecular weight excluding hydrogens is 242 g/mol. The zero-order valence-corrected chi connectivity index (χ0v) is 11.4. The summed E-state index contributed by atoms with van der Waals surface area (Å²) in [4.78, 5) is 4.50. The highest BCUT2D eigenvalue weighted by Gasteiger charge is 2.28. The molecule has 0 saturated heterocycles. The number of nitrogens with one attached hydrogen (secondary N) is 1. The maximum atomic E-state index is 5.77. The summed E-state index contributed by atoms with van der Waals surface area (Å²) < 4.78 is 4.37. The lowest BCUT2D eigenvalue weighted by Crippen LogP contribution is -2.23. The lowest BCUT2D eigenvalue weighted by Gasteiger charge is -2.23. The summed E-state index contributed by atoms with van der Waals surface area (Å²) in [5, 5.41) is 4.31. The molecule has 1 saturated carbocycles. The smallest absolute Gasteiger partial charge is 0.202 e. The number of alkyl halides is 1. The van der Waals surface area contributed by atoms with Crippen molar-refractivity contribution in [1.82, 2.24) is 9.36 Å². The first-order chi connectivity index (χ1) is 7.61. The molecule has 1 N–H and O–H groups in total. The molecule has 1 fully saturated rings. The Morgan fingerprint density at radius 1 is 1.50 bits per heavy atom. The first-order valence-corrected chi connectivity index (χ1v) is 7.05. The van der Waals surface area contributed by atoms with Gasteiger partial charge in [-0.05, 0) is 24.7 Å². The van der Waals surface area contributed by atoms with Crippen LogP contribution in [0.3, 0.4) is 0 Å². The van der Waals surface area contributed by atoms with E-state index in [4.69, 9.17) is 11.6 Å². The maximum absolute atomic E-state index is 5.77. The number of nitrogens with zero attached hydrogens (tertiary/aromatic N) is 2. The molecule has 0 aromatic carbocycles. The average Bonchev–Trinajstić information content (AvgIpc) is 2.95. The van der Waals surface area contributed by atoms with Gasteiger partial charge in [0, 0.05) is 29.9 Å². The van der Waals surface area contributed by atoms with E-state index in [0.717, 1.165) is 23.9 Å². The van der Waals surface area contributed by atoms with Crippen molar-refractivity contribution in [3.63, 3.8) is 0 Å². The molecule has 0 atom stereocenters. The Hall–Kier alpha value is -0.350. The van der Waals surface area contributed by atoms with Crippen LogP contribution in [0.5, 0.6) is 0 Å². The van der Waals surface area contributed by atoms with Gasteiger partial charge in [-0.2, -0.15) is 4.37 Å². The number of aromatic nitrogens is 2. The summed E-state index contributed by atoms with van der Waals surface area (Å²) in [7, 11) is 0. The number of rotatable bonds is 6. The van der Waals surface area contributed by atoms with Gasteiger partial charge in [0.2, 0.25) is 5.13 Å². The SMILES string of the molecule is CC(C)(CCCl)CNc1nc(C2CC2)ns1. The van der Waals surface area contributed by atoms with E-state index in [9.17, 15) is 0 Å². The van der Waals surface area contributed by atoms with Crippen LogP contribution in [0.2, 0.25) is 0 Å². The van der Waals surface area contributed by atoms with Crippen LogP contribution in [-0.4, -0.2) is 21.8 Å². The molecule has 2 rings (SSSR count). The van der Waals surface area contributed by atoms with Crippen molar-refractivity contribution in [3.8, 4) is 0 Å². The standard InChI is InChI=1S/C11H18ClN3S/c1-11(2,5-6-12)7-13-10-14-9(15-16-10)8-3-4-8/h8H,3-7H2,1-2H3,(H,13,14,15). The highest BCUT2D eigenvalue weighted by atomic mass is 35.5. The fraction of sp³-hybridized carbons (Fsp3) is 0.818. The van der Waals surface area contributed by atoms with E-state index in [1.807, 2.05) is 0 Å². The predicted octanol–water partition coefficient (Wildman–Crippen LogP) is 3.48. The topological polar surface area (TPSA) is 37.8 Å². The third kappa shape index (κ3) is 3.32. The molecule has 90 valence electrons. The second kappa shape index (κ2) is 4.88. The summed E-state index contributed by atoms with van der Waals surface area (Å²) in [6.07, 6.45) is 3.53. The van der Waals surface area contributed by atoms with E-state index < -0.39 is 0 Å². The van der Waals surface area contributed by atoms with Crippen LogP contribution in [0.1, 0.15) is 44.9 Å². The Morgan fingerprint density at radius 2 is 2.25 bits per heavy atom. The monoisotopic (exact) mass is 259 g/mol. The minimum atomic E-state index is 0.215. The van der Waals surface area contributed by atoms with E-state index in [-0.39, 0.29) is 5.41 Å². The third-order valence-corrected chi connectivity index (χ3v) is 3.75. The minimum absolute atomic E-state index is 0.215. The zero-order valence-electron chi connectivity index (χ0n) is 9.79. The fourth-order valence-electron chi connectivity index (χ4n) is 1.47. The molecule has 1 aromatic heterocycles. The van der Waals surface area contributed by atoms with E-state index >= 15 is 0 Å². The van der Waals surface area contributed by atoms with Crippen molar-refractivity contribution in [3.05, 3.63) is 5.82 Å². The maximum Gasteiger partial charge on any atom is 0.202 e. The molecular formula is C11H18ClN3S. The Labute approximate surface area is 106 Å². The van der Waals surface area contributed by atoms with Crippen LogP contribution >= 0.6 is 23.1 Å². The highest BCUT2D eigenvalue weighted by Crippen LogP contribution is 2.39. The van der Waals surface area contributed by atoms with Crippen LogP contribution in [0, 0.1) is 5.41 Å². The van der Waals surface area contributed by atoms with Crippen molar-refractivity contribution >= 4 is 28.3 Å². The van der Waals surface area contributed by atoms with E-state index in [1.54, 1.807) is 0 Å². The summed E-state index contributed by atoms with van der Waals surface area (Å²) in [6.45, 7) is 5.33. The van der Waals surface area contributed by atoms with Gasteiger partial charge in [0.05, 0.1) is 0 Å². The number of halogens is 1. The van der Waals surface area contributed by atoms with Crippen molar-refractivity contribution < 1.29 is 0 Å². The van der Waals surface area contributed by atoms with Crippen LogP contribution in [-0.2, 0) is 0 Å². The molecule has 1 aliphatic carbocycles. The molecule has 5 heteroatoms. The quantitative estimate of drug-likeness (QED) is 0.795. The van der Waals surface area contributed by atoms with Gasteiger partial charge < -0.3 is 5.32 Å². The van der Waals surface area contributed by atoms with Gasteiger partial charge in [-0.3, -0.25) is 0 Å². The molecule has 16 heavy (non-hydrogen) atoms. The van der Waals surface area contributed by atoms with Crippen molar-refractivity contribution in [2.45, 2.75) is 39.0 Å². The van der Waals surface area contributed by atoms with Crippen molar-refractivity contribution in [2.24, 2.45) is 5.41 Å². The summed E-state index contributed by atoms with van der Waals surface area (Å²) >= 11 is 7.24. The van der Waals surface area contributed by atoms with E-state index in [2.05, 4.69) is 28.5 Å². The number of anilines is 1. The van der Waals surface area contributed by atoms with Crippen molar-refractivity contribution in [1.29, 1.82) is 0 Å². The lowest BCUT2D eigenvalue weighted by atomic mass is 9.90. The van der Waals surface area contributed by atoms with Crippen LogP contribution < -0.4 is 5.32 Å². The average molecular weight is 260 g/mol. The van der Waals surface area contributed by atoms with Gasteiger partial charge in [-0.25, -0.2) is 4.98 Å². The Bertz CT molecular complexity index is 347. The van der Waals surface area contributed by atoms with E-state index in [1.165, 1.54) is 24.4 Å². The predicted molar refractivity (Wildman–Crippen MR) is 69.5 cm³/mol. The molecule has 0 amide bonds. The first kappa shape index (κ1) is 12.1. The first-order valence-electron chi connectivity index (χ1n) is 5.74. The van der Waals surface area contributed by atoms with E-state index in [0.29, 0.717) is 11.8 Å². The molecule has 3 nitrogen and oxygen atoms in total. The normalized spacial score (nSPS) is 16.4. The minimum Gasteiger partial charge on any atom is -0.360 e. The number of hydrogen-bond acceptors (Lipinski definition) is 4. The highest BCUT2D eigenvalue weighted by molar-refractivity contribution is 7.09. The Kier molecular flexibility index (Phi) is 3.70. The van der Waals surface area contributed by atoms with Gasteiger partial charge in [0.1, 0.15) is 5.82 Å². The van der Waals surface area contributed by atoms with Gasteiger partial charge in [-0.15, -0.1) is 11.6 Å². The fourth-order valence-corrected chi connectivity index (χ4v) is 2.63. The zero-order chi connectivity index (χ0) is 11.6. The summed E-state index contributed by atoms with van der Waals surface area (Å²) in [5.74, 6) is 2.38. The van der Waals surface area contributed by atoms with Crippen LogP contribution in [0.4, 0.5) is 5.13 Å². The molecule has 0 radical (unpaired) electrons. The second-order valence-corrected chi connectivity index (χ2v) is 6.32. The molecule has 0 spiro atoms. The van der Waals surface area contributed by atoms with Crippen LogP contribution in [0.25, 0.3) is 0 Å². The van der Waals surface area contributed by atoms with Gasteiger partial charge >= 0.3 is 0 Å². The summed E-state index contributed by atoms with van der Waals surface area (Å²) in [6, 6.07) is 0. The third-order valence-electron chi connectivity index (χ3n) is 2.87. The van der Waals surface area contributed by atoms with Crippen LogP contribution in [0.15, 0.2) is 0 Å². The largest absolute Gasteiger partial charge is 0.360 e. The van der Waals surface area contributed by atoms with Gasteiger partial charge in [-0.1, -0.05) is 13.8 Å². The lowest BCUT2D eigenvalue weighted by molar-refractivity contribution is 0.379. The summed E-state index contributed by atoms with van der Waals surface area (Å²) in [5.41, 5.74) is 0.215. The number of hydrogen-bond donors (Lipinski definition) is 1. The molecule has 0 unspecified atom stereocenters. The second-order valence-electron chi connectivity index (χ2n) is 5.19. The molecule has 1 aliphatic rings. The molecule has 1 heterocycles. The molecule has 1 aromatic rings. The van der Waals surface area contributed by atoms with Gasteiger partial charge in [0.25, 0.3) is 0 Å². The molecule has 0 bridgehead atoms. The Balaban J connectivity index is 1.84. The Morgan fingerprint density at radius 3 is 2.88 bits per heavy atom.